The van der Waals surface area contributed by atoms with Crippen LogP contribution in [-0.2, 0) is 21.1 Å². The highest BCUT2D eigenvalue weighted by atomic mass is 32.2. The molecule has 3 rings (SSSR count). The molecule has 6 nitrogen and oxygen atoms in total. The predicted molar refractivity (Wildman–Crippen MR) is 119 cm³/mol. The van der Waals surface area contributed by atoms with E-state index in [0.29, 0.717) is 5.56 Å². The van der Waals surface area contributed by atoms with Crippen molar-refractivity contribution in [3.05, 3.63) is 95.1 Å². The van der Waals surface area contributed by atoms with Crippen LogP contribution >= 0.6 is 0 Å². The quantitative estimate of drug-likeness (QED) is 0.289. The molecule has 3 aromatic carbocycles. The lowest BCUT2D eigenvalue weighted by Crippen LogP contribution is -2.14. The van der Waals surface area contributed by atoms with Gasteiger partial charge in [0.2, 0.25) is 0 Å². The van der Waals surface area contributed by atoms with Crippen molar-refractivity contribution in [2.45, 2.75) is 18.0 Å². The van der Waals surface area contributed by atoms with Gasteiger partial charge in [-0.05, 0) is 61.0 Å². The lowest BCUT2D eigenvalue weighted by atomic mass is 10.1. The van der Waals surface area contributed by atoms with Crippen molar-refractivity contribution >= 4 is 27.8 Å². The maximum Gasteiger partial charge on any atom is 0.416 e. The molecule has 0 unspecified atom stereocenters. The van der Waals surface area contributed by atoms with Crippen molar-refractivity contribution in [3.63, 3.8) is 0 Å². The highest BCUT2D eigenvalue weighted by Gasteiger charge is 2.30. The van der Waals surface area contributed by atoms with Crippen molar-refractivity contribution in [2.24, 2.45) is 0 Å². The van der Waals surface area contributed by atoms with Crippen molar-refractivity contribution in [3.8, 4) is 11.8 Å². The topological polar surface area (TPSA) is 96.3 Å². The fraction of sp³-hybridized carbons (Fsp3) is 0.0833. The molecular weight excluding hydrogens is 469 g/mol. The van der Waals surface area contributed by atoms with Gasteiger partial charge < -0.3 is 9.50 Å². The molecule has 0 aliphatic heterocycles. The van der Waals surface area contributed by atoms with Crippen LogP contribution in [0, 0.1) is 18.3 Å². The molecule has 3 aromatic rings. The number of rotatable bonds is 6. The van der Waals surface area contributed by atoms with Gasteiger partial charge in [0.15, 0.2) is 0 Å². The predicted octanol–water partition coefficient (Wildman–Crippen LogP) is 5.33. The number of nitriles is 1. The van der Waals surface area contributed by atoms with E-state index in [1.54, 1.807) is 18.2 Å². The summed E-state index contributed by atoms with van der Waals surface area (Å²) in [6, 6.07) is 17.4. The molecule has 0 aliphatic carbocycles. The van der Waals surface area contributed by atoms with Gasteiger partial charge in [0.05, 0.1) is 5.56 Å². The first-order valence-electron chi connectivity index (χ1n) is 9.69. The molecule has 0 bridgehead atoms. The van der Waals surface area contributed by atoms with Gasteiger partial charge in [-0.1, -0.05) is 35.9 Å². The minimum atomic E-state index is -4.58. The highest BCUT2D eigenvalue weighted by Crippen LogP contribution is 2.30. The van der Waals surface area contributed by atoms with E-state index < -0.39 is 27.8 Å². The molecule has 34 heavy (non-hydrogen) atoms. The maximum absolute atomic E-state index is 12.8. The monoisotopic (exact) mass is 486 g/mol. The zero-order valence-corrected chi connectivity index (χ0v) is 18.4. The van der Waals surface area contributed by atoms with Crippen LogP contribution in [0.1, 0.15) is 16.7 Å². The molecule has 0 saturated heterocycles. The normalized spacial score (nSPS) is 12.0. The van der Waals surface area contributed by atoms with Crippen LogP contribution in [0.3, 0.4) is 0 Å². The van der Waals surface area contributed by atoms with Crippen LogP contribution in [-0.4, -0.2) is 14.3 Å². The second-order valence-electron chi connectivity index (χ2n) is 7.12. The van der Waals surface area contributed by atoms with Gasteiger partial charge in [-0.15, -0.1) is 0 Å². The molecule has 0 saturated carbocycles. The largest absolute Gasteiger partial charge is 0.416 e. The molecule has 0 fully saturated rings. The summed E-state index contributed by atoms with van der Waals surface area (Å²) in [5.74, 6) is -0.881. The van der Waals surface area contributed by atoms with Gasteiger partial charge in [0, 0.05) is 5.69 Å². The number of nitrogens with zero attached hydrogens (tertiary/aromatic N) is 1. The average Bonchev–Trinajstić information content (AvgIpc) is 2.78. The van der Waals surface area contributed by atoms with Gasteiger partial charge in [0.1, 0.15) is 22.3 Å². The third kappa shape index (κ3) is 6.24. The van der Waals surface area contributed by atoms with Gasteiger partial charge in [-0.2, -0.15) is 26.9 Å². The molecule has 0 radical (unpaired) electrons. The summed E-state index contributed by atoms with van der Waals surface area (Å²) in [5.41, 5.74) is -0.162. The Kier molecular flexibility index (Phi) is 7.08. The smallest absolute Gasteiger partial charge is 0.379 e. The number of carbonyl (C=O) groups excluding carboxylic acids is 1. The number of hydrogen-bond donors (Lipinski definition) is 1. The summed E-state index contributed by atoms with van der Waals surface area (Å²) in [7, 11) is -4.04. The van der Waals surface area contributed by atoms with E-state index in [-0.39, 0.29) is 21.9 Å². The molecule has 1 amide bonds. The molecule has 0 heterocycles. The molecule has 0 spiro atoms. The summed E-state index contributed by atoms with van der Waals surface area (Å²) < 4.78 is 68.4. The van der Waals surface area contributed by atoms with E-state index in [4.69, 9.17) is 4.18 Å². The number of benzene rings is 3. The van der Waals surface area contributed by atoms with Crippen LogP contribution in [0.5, 0.6) is 5.75 Å². The summed E-state index contributed by atoms with van der Waals surface area (Å²) in [4.78, 5) is 12.3. The number of halogens is 3. The van der Waals surface area contributed by atoms with Gasteiger partial charge in [-0.25, -0.2) is 0 Å². The Morgan fingerprint density at radius 2 is 1.68 bits per heavy atom. The van der Waals surface area contributed by atoms with Gasteiger partial charge in [0.25, 0.3) is 5.91 Å². The number of alkyl halides is 3. The number of hydrogen-bond acceptors (Lipinski definition) is 5. The van der Waals surface area contributed by atoms with Crippen LogP contribution in [0.25, 0.3) is 6.08 Å². The third-order valence-corrected chi connectivity index (χ3v) is 5.78. The Morgan fingerprint density at radius 1 is 1.03 bits per heavy atom. The van der Waals surface area contributed by atoms with Gasteiger partial charge in [-0.3, -0.25) is 4.79 Å². The molecule has 1 N–H and O–H groups in total. The van der Waals surface area contributed by atoms with E-state index in [2.05, 4.69) is 5.32 Å². The minimum absolute atomic E-state index is 0.0138. The highest BCUT2D eigenvalue weighted by molar-refractivity contribution is 7.87. The average molecular weight is 486 g/mol. The Balaban J connectivity index is 1.74. The second kappa shape index (κ2) is 9.80. The van der Waals surface area contributed by atoms with E-state index >= 15 is 0 Å². The van der Waals surface area contributed by atoms with Gasteiger partial charge >= 0.3 is 16.3 Å². The number of amides is 1. The maximum atomic E-state index is 12.8. The zero-order valence-electron chi connectivity index (χ0n) is 17.6. The molecule has 0 atom stereocenters. The fourth-order valence-electron chi connectivity index (χ4n) is 2.79. The van der Waals surface area contributed by atoms with Crippen molar-refractivity contribution in [1.82, 2.24) is 0 Å². The number of carbonyl (C=O) groups is 1. The van der Waals surface area contributed by atoms with E-state index in [9.17, 15) is 31.6 Å². The van der Waals surface area contributed by atoms with E-state index in [0.717, 1.165) is 23.8 Å². The lowest BCUT2D eigenvalue weighted by molar-refractivity contribution is -0.137. The Bertz CT molecular complexity index is 1370. The van der Waals surface area contributed by atoms with E-state index in [1.807, 2.05) is 6.92 Å². The molecule has 0 aliphatic rings. The Hall–Kier alpha value is -4.10. The fourth-order valence-corrected chi connectivity index (χ4v) is 3.72. The van der Waals surface area contributed by atoms with Crippen molar-refractivity contribution in [1.29, 1.82) is 5.26 Å². The van der Waals surface area contributed by atoms with Crippen LogP contribution in [0.2, 0.25) is 0 Å². The standard InChI is InChI=1S/C24H17F3N2O4S/c1-16-5-11-22(12-6-16)34(31,32)33-21-9-7-17(8-10-21)13-18(15-28)23(30)29-20-4-2-3-19(14-20)24(25,26)27/h2-14H,1H3,(H,29,30)/b18-13+. The second-order valence-corrected chi connectivity index (χ2v) is 8.67. The first kappa shape index (κ1) is 24.5. The van der Waals surface area contributed by atoms with Crippen LogP contribution in [0.4, 0.5) is 18.9 Å². The van der Waals surface area contributed by atoms with E-state index in [1.165, 1.54) is 48.5 Å². The SMILES string of the molecule is Cc1ccc(S(=O)(=O)Oc2ccc(/C=C(\C#N)C(=O)Nc3cccc(C(F)(F)F)c3)cc2)cc1. The summed E-state index contributed by atoms with van der Waals surface area (Å²) in [5, 5.41) is 11.6. The summed E-state index contributed by atoms with van der Waals surface area (Å²) in [6.45, 7) is 1.82. The zero-order chi connectivity index (χ0) is 24.9. The number of anilines is 1. The van der Waals surface area contributed by atoms with Crippen LogP contribution < -0.4 is 9.50 Å². The number of nitrogens with one attached hydrogen (secondary N) is 1. The molecule has 174 valence electrons. The summed E-state index contributed by atoms with van der Waals surface area (Å²) >= 11 is 0. The first-order chi connectivity index (χ1) is 16.0. The number of aryl methyl sites for hydroxylation is 1. The van der Waals surface area contributed by atoms with Crippen LogP contribution in [0.15, 0.2) is 83.3 Å². The Morgan fingerprint density at radius 3 is 2.26 bits per heavy atom. The molecule has 0 aromatic heterocycles. The lowest BCUT2D eigenvalue weighted by Gasteiger charge is -2.09. The summed E-state index contributed by atoms with van der Waals surface area (Å²) in [6.07, 6.45) is -3.37. The van der Waals surface area contributed by atoms with Crippen molar-refractivity contribution in [2.75, 3.05) is 5.32 Å². The minimum Gasteiger partial charge on any atom is -0.379 e. The first-order valence-corrected chi connectivity index (χ1v) is 11.1. The van der Waals surface area contributed by atoms with Crippen molar-refractivity contribution < 1.29 is 30.6 Å². The molecular formula is C24H17F3N2O4S. The molecule has 10 heteroatoms. The Labute approximate surface area is 194 Å². The third-order valence-electron chi connectivity index (χ3n) is 4.52.